The Morgan fingerprint density at radius 1 is 1.03 bits per heavy atom. The van der Waals surface area contributed by atoms with E-state index in [-0.39, 0.29) is 0 Å². The molecule has 0 aliphatic rings. The summed E-state index contributed by atoms with van der Waals surface area (Å²) >= 11 is 0. The topological polar surface area (TPSA) is 58.6 Å². The summed E-state index contributed by atoms with van der Waals surface area (Å²) < 4.78 is 6.42. The van der Waals surface area contributed by atoms with Crippen molar-refractivity contribution in [2.75, 3.05) is 0 Å². The number of nitrogens with one attached hydrogen (secondary N) is 1. The molecule has 0 saturated carbocycles. The number of benzene rings is 2. The molecule has 2 aromatic rings. The average Bonchev–Trinajstić information content (AvgIpc) is 2.67. The van der Waals surface area contributed by atoms with Gasteiger partial charge in [0.05, 0.1) is 0 Å². The molecule has 0 heterocycles. The lowest BCUT2D eigenvalue weighted by atomic mass is 9.72. The van der Waals surface area contributed by atoms with Gasteiger partial charge in [-0.15, -0.1) is 0 Å². The molecule has 4 nitrogen and oxygen atoms in total. The fourth-order valence-electron chi connectivity index (χ4n) is 3.52. The first-order chi connectivity index (χ1) is 13.5. The molecule has 29 heavy (non-hydrogen) atoms. The van der Waals surface area contributed by atoms with Crippen LogP contribution in [0.3, 0.4) is 0 Å². The van der Waals surface area contributed by atoms with Crippen molar-refractivity contribution in [3.63, 3.8) is 0 Å². The molecule has 0 fully saturated rings. The largest absolute Gasteiger partial charge is 0.467 e. The zero-order valence-electron chi connectivity index (χ0n) is 18.0. The maximum atomic E-state index is 11.8. The van der Waals surface area contributed by atoms with E-state index in [2.05, 4.69) is 18.5 Å². The van der Waals surface area contributed by atoms with Gasteiger partial charge in [-0.2, -0.15) is 0 Å². The first-order valence-corrected chi connectivity index (χ1v) is 9.75. The SMILES string of the molecule is C=C(C)c1cccc(OC(CC)(NC(=O)O)C(C)(C)c2cccc(C(=C)C)c2)c1. The van der Waals surface area contributed by atoms with Crippen molar-refractivity contribution in [2.45, 2.75) is 52.2 Å². The number of hydrogen-bond acceptors (Lipinski definition) is 2. The normalized spacial score (nSPS) is 13.3. The van der Waals surface area contributed by atoms with Crippen molar-refractivity contribution >= 4 is 17.2 Å². The summed E-state index contributed by atoms with van der Waals surface area (Å²) in [6.45, 7) is 17.8. The van der Waals surface area contributed by atoms with Gasteiger partial charge < -0.3 is 9.84 Å². The maximum Gasteiger partial charge on any atom is 0.407 e. The van der Waals surface area contributed by atoms with Crippen LogP contribution in [0.4, 0.5) is 4.79 Å². The molecular formula is C25H31NO3. The molecule has 0 saturated heterocycles. The van der Waals surface area contributed by atoms with E-state index in [4.69, 9.17) is 4.74 Å². The highest BCUT2D eigenvalue weighted by molar-refractivity contribution is 5.67. The smallest absolute Gasteiger partial charge is 0.407 e. The molecule has 0 aliphatic heterocycles. The van der Waals surface area contributed by atoms with Crippen LogP contribution in [0, 0.1) is 0 Å². The molecule has 0 bridgehead atoms. The van der Waals surface area contributed by atoms with Gasteiger partial charge in [-0.3, -0.25) is 5.32 Å². The van der Waals surface area contributed by atoms with Crippen molar-refractivity contribution in [2.24, 2.45) is 0 Å². The van der Waals surface area contributed by atoms with Gasteiger partial charge in [0.1, 0.15) is 5.75 Å². The third-order valence-electron chi connectivity index (χ3n) is 5.51. The summed E-state index contributed by atoms with van der Waals surface area (Å²) in [7, 11) is 0. The Bertz CT molecular complexity index is 929. The summed E-state index contributed by atoms with van der Waals surface area (Å²) in [5.74, 6) is 0.588. The Labute approximate surface area is 173 Å². The molecule has 0 radical (unpaired) electrons. The number of ether oxygens (including phenoxy) is 1. The second kappa shape index (κ2) is 8.56. The van der Waals surface area contributed by atoms with E-state index in [1.54, 1.807) is 0 Å². The first-order valence-electron chi connectivity index (χ1n) is 9.75. The maximum absolute atomic E-state index is 11.8. The van der Waals surface area contributed by atoms with E-state index in [1.807, 2.05) is 83.1 Å². The number of hydrogen-bond donors (Lipinski definition) is 2. The zero-order chi connectivity index (χ0) is 21.8. The highest BCUT2D eigenvalue weighted by atomic mass is 16.5. The second-order valence-corrected chi connectivity index (χ2v) is 8.01. The van der Waals surface area contributed by atoms with Crippen LogP contribution >= 0.6 is 0 Å². The minimum atomic E-state index is -1.18. The average molecular weight is 394 g/mol. The molecule has 0 spiro atoms. The Morgan fingerprint density at radius 3 is 2.10 bits per heavy atom. The zero-order valence-corrected chi connectivity index (χ0v) is 18.0. The van der Waals surface area contributed by atoms with Crippen molar-refractivity contribution in [1.82, 2.24) is 5.32 Å². The molecule has 4 heteroatoms. The van der Waals surface area contributed by atoms with E-state index >= 15 is 0 Å². The fourth-order valence-corrected chi connectivity index (χ4v) is 3.52. The predicted octanol–water partition coefficient (Wildman–Crippen LogP) is 6.48. The summed E-state index contributed by atoms with van der Waals surface area (Å²) in [5, 5.41) is 12.3. The Kier molecular flexibility index (Phi) is 6.58. The Morgan fingerprint density at radius 2 is 1.59 bits per heavy atom. The molecule has 2 rings (SSSR count). The Hall–Kier alpha value is -3.01. The highest BCUT2D eigenvalue weighted by Crippen LogP contribution is 2.40. The standard InChI is InChI=1S/C25H31NO3/c1-8-25(26-23(27)28,29-22-14-10-12-20(16-22)18(4)5)24(6,7)21-13-9-11-19(15-21)17(2)3/h9-16,26H,2,4,8H2,1,3,5-7H3,(H,27,28). The fraction of sp³-hybridized carbons (Fsp3) is 0.320. The van der Waals surface area contributed by atoms with E-state index in [0.29, 0.717) is 12.2 Å². The number of amides is 1. The number of rotatable bonds is 8. The van der Waals surface area contributed by atoms with Gasteiger partial charge in [0.25, 0.3) is 0 Å². The molecule has 2 aromatic carbocycles. The van der Waals surface area contributed by atoms with Gasteiger partial charge in [-0.05, 0) is 42.7 Å². The van der Waals surface area contributed by atoms with Crippen molar-refractivity contribution in [3.05, 3.63) is 78.4 Å². The lowest BCUT2D eigenvalue weighted by molar-refractivity contribution is -0.0300. The van der Waals surface area contributed by atoms with E-state index in [9.17, 15) is 9.90 Å². The van der Waals surface area contributed by atoms with Crippen LogP contribution in [0.1, 0.15) is 57.7 Å². The van der Waals surface area contributed by atoms with Crippen molar-refractivity contribution < 1.29 is 14.6 Å². The molecule has 1 unspecified atom stereocenters. The lowest BCUT2D eigenvalue weighted by Crippen LogP contribution is -2.63. The van der Waals surface area contributed by atoms with Crippen LogP contribution in [0.5, 0.6) is 5.75 Å². The third kappa shape index (κ3) is 4.70. The monoisotopic (exact) mass is 393 g/mol. The van der Waals surface area contributed by atoms with Crippen molar-refractivity contribution in [3.8, 4) is 5.75 Å². The van der Waals surface area contributed by atoms with Gasteiger partial charge in [-0.25, -0.2) is 4.79 Å². The van der Waals surface area contributed by atoms with Gasteiger partial charge in [0, 0.05) is 11.8 Å². The summed E-state index contributed by atoms with van der Waals surface area (Å²) in [5.41, 5.74) is 2.93. The van der Waals surface area contributed by atoms with Crippen LogP contribution in [0.25, 0.3) is 11.1 Å². The predicted molar refractivity (Wildman–Crippen MR) is 120 cm³/mol. The summed E-state index contributed by atoms with van der Waals surface area (Å²) in [6.07, 6.45) is -0.701. The van der Waals surface area contributed by atoms with Crippen LogP contribution < -0.4 is 10.1 Å². The lowest BCUT2D eigenvalue weighted by Gasteiger charge is -2.46. The van der Waals surface area contributed by atoms with Crippen LogP contribution in [-0.2, 0) is 5.41 Å². The molecular weight excluding hydrogens is 362 g/mol. The second-order valence-electron chi connectivity index (χ2n) is 8.01. The molecule has 1 amide bonds. The quantitative estimate of drug-likeness (QED) is 0.504. The molecule has 1 atom stereocenters. The van der Waals surface area contributed by atoms with E-state index in [0.717, 1.165) is 27.8 Å². The molecule has 0 aliphatic carbocycles. The molecule has 0 aromatic heterocycles. The van der Waals surface area contributed by atoms with Gasteiger partial charge in [-0.1, -0.05) is 81.5 Å². The highest BCUT2D eigenvalue weighted by Gasteiger charge is 2.49. The van der Waals surface area contributed by atoms with E-state index < -0.39 is 17.2 Å². The van der Waals surface area contributed by atoms with Gasteiger partial charge in [0.15, 0.2) is 5.72 Å². The molecule has 2 N–H and O–H groups in total. The number of carbonyl (C=O) groups is 1. The van der Waals surface area contributed by atoms with Gasteiger partial charge in [0.2, 0.25) is 0 Å². The minimum absolute atomic E-state index is 0.431. The van der Waals surface area contributed by atoms with Gasteiger partial charge >= 0.3 is 6.09 Å². The first kappa shape index (κ1) is 22.3. The minimum Gasteiger partial charge on any atom is -0.467 e. The summed E-state index contributed by atoms with van der Waals surface area (Å²) in [4.78, 5) is 11.8. The number of carboxylic acid groups (broad SMARTS) is 1. The van der Waals surface area contributed by atoms with Crippen LogP contribution in [-0.4, -0.2) is 16.9 Å². The number of allylic oxidation sites excluding steroid dienone is 2. The third-order valence-corrected chi connectivity index (χ3v) is 5.51. The summed E-state index contributed by atoms with van der Waals surface area (Å²) in [6, 6.07) is 15.6. The van der Waals surface area contributed by atoms with E-state index in [1.165, 1.54) is 0 Å². The molecule has 154 valence electrons. The van der Waals surface area contributed by atoms with Crippen molar-refractivity contribution in [1.29, 1.82) is 0 Å². The van der Waals surface area contributed by atoms with Crippen LogP contribution in [0.2, 0.25) is 0 Å². The van der Waals surface area contributed by atoms with Crippen LogP contribution in [0.15, 0.2) is 61.7 Å². The Balaban J connectivity index is 2.59.